The highest BCUT2D eigenvalue weighted by molar-refractivity contribution is 6.00. The van der Waals surface area contributed by atoms with Gasteiger partial charge in [0.1, 0.15) is 5.75 Å². The molecule has 0 fully saturated rings. The van der Waals surface area contributed by atoms with E-state index in [1.165, 1.54) is 11.9 Å². The van der Waals surface area contributed by atoms with Crippen LogP contribution in [0.15, 0.2) is 66.7 Å². The quantitative estimate of drug-likeness (QED) is 0.278. The molecular weight excluding hydrogens is 549 g/mol. The number of halogens is 3. The number of nitrogens with zero attached hydrogens (tertiary/aromatic N) is 3. The van der Waals surface area contributed by atoms with Crippen LogP contribution in [-0.2, 0) is 17.1 Å². The maximum atomic E-state index is 13.5. The number of anilines is 1. The van der Waals surface area contributed by atoms with Gasteiger partial charge in [-0.25, -0.2) is 14.6 Å². The number of aliphatic carboxylic acids is 1. The lowest BCUT2D eigenvalue weighted by atomic mass is 9.93. The second kappa shape index (κ2) is 10.8. The molecule has 4 aromatic rings. The number of aromatic nitrogens is 2. The number of benzene rings is 3. The van der Waals surface area contributed by atoms with Gasteiger partial charge < -0.3 is 25.0 Å². The van der Waals surface area contributed by atoms with Gasteiger partial charge in [0.05, 0.1) is 24.7 Å². The van der Waals surface area contributed by atoms with Crippen molar-refractivity contribution in [3.8, 4) is 5.75 Å². The Balaban J connectivity index is 0.000000493. The number of amides is 2. The second-order valence-electron chi connectivity index (χ2n) is 8.86. The zero-order chi connectivity index (χ0) is 30.1. The van der Waals surface area contributed by atoms with Gasteiger partial charge >= 0.3 is 18.2 Å². The summed E-state index contributed by atoms with van der Waals surface area (Å²) < 4.78 is 37.2. The van der Waals surface area contributed by atoms with Crippen LogP contribution in [0.2, 0.25) is 0 Å². The van der Waals surface area contributed by atoms with Crippen LogP contribution >= 0.6 is 0 Å². The van der Waals surface area contributed by atoms with E-state index in [1.54, 1.807) is 55.6 Å². The number of methoxy groups -OCH3 is 1. The summed E-state index contributed by atoms with van der Waals surface area (Å²) in [4.78, 5) is 43.4. The fraction of sp³-hybridized carbons (Fsp3) is 0.185. The molecule has 2 heterocycles. The minimum absolute atomic E-state index is 0.111. The Hall–Kier alpha value is -5.11. The highest BCUT2D eigenvalue weighted by atomic mass is 19.4. The lowest BCUT2D eigenvalue weighted by Crippen LogP contribution is -2.44. The monoisotopic (exact) mass is 572 g/mol. The number of aromatic amines is 1. The average molecular weight is 572 g/mol. The van der Waals surface area contributed by atoms with Gasteiger partial charge in [0.25, 0.3) is 5.91 Å². The van der Waals surface area contributed by atoms with Crippen molar-refractivity contribution >= 4 is 35.0 Å². The topological polar surface area (TPSA) is 156 Å². The second-order valence-corrected chi connectivity index (χ2v) is 8.86. The number of carboxylic acids is 1. The smallest absolute Gasteiger partial charge is 0.490 e. The maximum absolute atomic E-state index is 13.5. The lowest BCUT2D eigenvalue weighted by molar-refractivity contribution is -0.192. The number of ether oxygens (including phenoxy) is 1. The molecular formula is C27H23F3N4O7. The molecule has 1 aromatic heterocycles. The largest absolute Gasteiger partial charge is 0.496 e. The van der Waals surface area contributed by atoms with E-state index in [0.29, 0.717) is 33.5 Å². The SMILES string of the molecule is COc1ccccc1CN1C(=O)c2ccccc2C1(O)c1ccc2[nH]c(N(C)C(=O)O)nc2c1.O=C(O)C(F)(F)F. The standard InChI is InChI=1S/C25H22N4O5.C2HF3O2/c1-28(24(31)32)23-26-19-12-11-16(13-20(19)27-23)25(33)18-9-5-4-8-17(18)22(30)29(25)14-15-7-3-6-10-21(15)34-2;3-2(4,5)1(6)7/h3-13,33H,14H2,1-2H3,(H,26,27)(H,31,32);(H,6,7). The molecule has 41 heavy (non-hydrogen) atoms. The first kappa shape index (κ1) is 28.9. The molecule has 2 amide bonds. The number of imidazole rings is 1. The summed E-state index contributed by atoms with van der Waals surface area (Å²) in [6, 6.07) is 19.4. The van der Waals surface area contributed by atoms with Gasteiger partial charge in [-0.2, -0.15) is 13.2 Å². The fourth-order valence-electron chi connectivity index (χ4n) is 4.37. The molecule has 0 spiro atoms. The molecule has 14 heteroatoms. The van der Waals surface area contributed by atoms with Crippen molar-refractivity contribution < 1.29 is 47.6 Å². The maximum Gasteiger partial charge on any atom is 0.490 e. The molecule has 0 saturated heterocycles. The van der Waals surface area contributed by atoms with E-state index in [9.17, 15) is 33.0 Å². The zero-order valence-corrected chi connectivity index (χ0v) is 21.5. The first-order valence-electron chi connectivity index (χ1n) is 11.8. The Morgan fingerprint density at radius 2 is 1.71 bits per heavy atom. The molecule has 1 aliphatic heterocycles. The Labute approximate surface area is 230 Å². The molecule has 0 bridgehead atoms. The van der Waals surface area contributed by atoms with Crippen LogP contribution in [0, 0.1) is 0 Å². The van der Waals surface area contributed by atoms with Gasteiger partial charge in [-0.1, -0.05) is 42.5 Å². The van der Waals surface area contributed by atoms with Crippen molar-refractivity contribution in [1.29, 1.82) is 0 Å². The number of alkyl halides is 3. The number of rotatable bonds is 5. The Bertz CT molecular complexity index is 1640. The predicted octanol–water partition coefficient (Wildman–Crippen LogP) is 4.17. The van der Waals surface area contributed by atoms with Crippen LogP contribution in [-0.4, -0.2) is 68.5 Å². The van der Waals surface area contributed by atoms with Crippen molar-refractivity contribution in [1.82, 2.24) is 14.9 Å². The fourth-order valence-corrected chi connectivity index (χ4v) is 4.37. The number of aliphatic hydroxyl groups is 1. The number of hydrogen-bond acceptors (Lipinski definition) is 6. The third-order valence-corrected chi connectivity index (χ3v) is 6.41. The van der Waals surface area contributed by atoms with E-state index in [2.05, 4.69) is 9.97 Å². The number of H-pyrrole nitrogens is 1. The number of carbonyl (C=O) groups excluding carboxylic acids is 1. The van der Waals surface area contributed by atoms with Gasteiger partial charge in [0.2, 0.25) is 5.95 Å². The molecule has 5 rings (SSSR count). The van der Waals surface area contributed by atoms with E-state index < -0.39 is 24.0 Å². The van der Waals surface area contributed by atoms with Crippen LogP contribution in [0.3, 0.4) is 0 Å². The van der Waals surface area contributed by atoms with Gasteiger partial charge in [-0.15, -0.1) is 0 Å². The van der Waals surface area contributed by atoms with Crippen LogP contribution in [0.4, 0.5) is 23.9 Å². The highest BCUT2D eigenvalue weighted by Crippen LogP contribution is 2.44. The molecule has 1 atom stereocenters. The number of nitrogens with one attached hydrogen (secondary N) is 1. The molecule has 1 unspecified atom stereocenters. The summed E-state index contributed by atoms with van der Waals surface area (Å²) in [6.07, 6.45) is -6.24. The minimum Gasteiger partial charge on any atom is -0.496 e. The molecule has 11 nitrogen and oxygen atoms in total. The molecule has 0 radical (unpaired) electrons. The molecule has 3 aromatic carbocycles. The van der Waals surface area contributed by atoms with Crippen LogP contribution in [0.25, 0.3) is 11.0 Å². The molecule has 0 saturated carbocycles. The van der Waals surface area contributed by atoms with Crippen molar-refractivity contribution in [3.05, 3.63) is 89.0 Å². The van der Waals surface area contributed by atoms with Crippen molar-refractivity contribution in [3.63, 3.8) is 0 Å². The Morgan fingerprint density at radius 3 is 2.34 bits per heavy atom. The Kier molecular flexibility index (Phi) is 7.61. The lowest BCUT2D eigenvalue weighted by Gasteiger charge is -2.35. The van der Waals surface area contributed by atoms with Crippen LogP contribution in [0.5, 0.6) is 5.75 Å². The summed E-state index contributed by atoms with van der Waals surface area (Å²) >= 11 is 0. The minimum atomic E-state index is -5.08. The first-order chi connectivity index (χ1) is 19.3. The van der Waals surface area contributed by atoms with Gasteiger partial charge in [0, 0.05) is 29.3 Å². The average Bonchev–Trinajstić information content (AvgIpc) is 3.46. The normalized spacial score (nSPS) is 16.1. The summed E-state index contributed by atoms with van der Waals surface area (Å²) in [7, 11) is 2.94. The van der Waals surface area contributed by atoms with E-state index in [0.717, 1.165) is 10.5 Å². The summed E-state index contributed by atoms with van der Waals surface area (Å²) in [5.41, 5.74) is 1.36. The predicted molar refractivity (Wildman–Crippen MR) is 139 cm³/mol. The Morgan fingerprint density at radius 1 is 1.07 bits per heavy atom. The van der Waals surface area contributed by atoms with E-state index in [-0.39, 0.29) is 18.4 Å². The molecule has 214 valence electrons. The number of carbonyl (C=O) groups is 3. The number of carboxylic acid groups (broad SMARTS) is 2. The van der Waals surface area contributed by atoms with E-state index in [1.807, 2.05) is 18.2 Å². The van der Waals surface area contributed by atoms with Crippen molar-refractivity contribution in [2.45, 2.75) is 18.4 Å². The summed E-state index contributed by atoms with van der Waals surface area (Å²) in [6.45, 7) is 0.111. The molecule has 1 aliphatic rings. The van der Waals surface area contributed by atoms with E-state index >= 15 is 0 Å². The van der Waals surface area contributed by atoms with Gasteiger partial charge in [0.15, 0.2) is 5.72 Å². The summed E-state index contributed by atoms with van der Waals surface area (Å²) in [5, 5.41) is 28.5. The van der Waals surface area contributed by atoms with Crippen molar-refractivity contribution in [2.75, 3.05) is 19.1 Å². The van der Waals surface area contributed by atoms with E-state index in [4.69, 9.17) is 14.6 Å². The van der Waals surface area contributed by atoms with Crippen LogP contribution < -0.4 is 9.64 Å². The van der Waals surface area contributed by atoms with Crippen LogP contribution in [0.1, 0.15) is 27.0 Å². The highest BCUT2D eigenvalue weighted by Gasteiger charge is 2.50. The van der Waals surface area contributed by atoms with Crippen molar-refractivity contribution in [2.24, 2.45) is 0 Å². The van der Waals surface area contributed by atoms with Gasteiger partial charge in [-0.3, -0.25) is 14.6 Å². The third-order valence-electron chi connectivity index (χ3n) is 6.41. The third kappa shape index (κ3) is 5.36. The summed E-state index contributed by atoms with van der Waals surface area (Å²) in [5.74, 6) is -2.30. The number of hydrogen-bond donors (Lipinski definition) is 4. The number of para-hydroxylation sites is 1. The van der Waals surface area contributed by atoms with Gasteiger partial charge in [-0.05, 0) is 24.3 Å². The number of fused-ring (bicyclic) bond motifs is 2. The molecule has 0 aliphatic carbocycles. The first-order valence-corrected chi connectivity index (χ1v) is 11.8. The zero-order valence-electron chi connectivity index (χ0n) is 21.5. The molecule has 4 N–H and O–H groups in total.